The molecule has 94 valence electrons. The van der Waals surface area contributed by atoms with Crippen molar-refractivity contribution in [2.45, 2.75) is 0 Å². The van der Waals surface area contributed by atoms with Crippen LogP contribution in [0.4, 0.5) is 0 Å². The molecule has 0 aliphatic rings. The Balaban J connectivity index is 1.92. The Bertz CT molecular complexity index is 663. The average molecular weight is 253 g/mol. The van der Waals surface area contributed by atoms with Gasteiger partial charge in [0, 0.05) is 18.0 Å². The van der Waals surface area contributed by atoms with Gasteiger partial charge in [-0.15, -0.1) is 0 Å². The summed E-state index contributed by atoms with van der Waals surface area (Å²) >= 11 is 0. The number of hydrogen-bond acceptors (Lipinski definition) is 5. The normalized spacial score (nSPS) is 10.4. The average Bonchev–Trinajstić information content (AvgIpc) is 2.98. The van der Waals surface area contributed by atoms with Crippen LogP contribution in [0.15, 0.2) is 53.3 Å². The third-order valence-corrected chi connectivity index (χ3v) is 2.68. The summed E-state index contributed by atoms with van der Waals surface area (Å²) in [4.78, 5) is 8.37. The van der Waals surface area contributed by atoms with E-state index >= 15 is 0 Å². The highest BCUT2D eigenvalue weighted by Gasteiger charge is 2.10. The van der Waals surface area contributed by atoms with Crippen molar-refractivity contribution < 1.29 is 9.26 Å². The lowest BCUT2D eigenvalue weighted by Crippen LogP contribution is -1.84. The van der Waals surface area contributed by atoms with Crippen molar-refractivity contribution in [3.8, 4) is 28.6 Å². The van der Waals surface area contributed by atoms with E-state index in [2.05, 4.69) is 15.1 Å². The molecule has 0 radical (unpaired) electrons. The molecule has 19 heavy (non-hydrogen) atoms. The first kappa shape index (κ1) is 11.4. The number of hydrogen-bond donors (Lipinski definition) is 0. The molecule has 5 heteroatoms. The van der Waals surface area contributed by atoms with Crippen LogP contribution in [0.5, 0.6) is 5.75 Å². The number of nitrogens with zero attached hydrogens (tertiary/aromatic N) is 3. The number of pyridine rings is 1. The van der Waals surface area contributed by atoms with Crippen LogP contribution in [0, 0.1) is 0 Å². The Labute approximate surface area is 109 Å². The van der Waals surface area contributed by atoms with Crippen LogP contribution >= 0.6 is 0 Å². The predicted octanol–water partition coefficient (Wildman–Crippen LogP) is 2.81. The van der Waals surface area contributed by atoms with E-state index in [4.69, 9.17) is 9.26 Å². The Morgan fingerprint density at radius 1 is 1.05 bits per heavy atom. The highest BCUT2D eigenvalue weighted by atomic mass is 16.5. The summed E-state index contributed by atoms with van der Waals surface area (Å²) < 4.78 is 10.3. The molecule has 0 saturated heterocycles. The summed E-state index contributed by atoms with van der Waals surface area (Å²) in [5.41, 5.74) is 1.68. The van der Waals surface area contributed by atoms with Gasteiger partial charge in [0.15, 0.2) is 0 Å². The molecule has 1 aromatic carbocycles. The lowest BCUT2D eigenvalue weighted by atomic mass is 10.2. The predicted molar refractivity (Wildman–Crippen MR) is 69.5 cm³/mol. The van der Waals surface area contributed by atoms with Gasteiger partial charge in [-0.2, -0.15) is 4.98 Å². The highest BCUT2D eigenvalue weighted by Crippen LogP contribution is 2.23. The van der Waals surface area contributed by atoms with Gasteiger partial charge in [0.05, 0.1) is 12.7 Å². The van der Waals surface area contributed by atoms with Crippen molar-refractivity contribution in [2.75, 3.05) is 7.11 Å². The van der Waals surface area contributed by atoms with E-state index < -0.39 is 0 Å². The molecule has 0 aliphatic carbocycles. The standard InChI is InChI=1S/C14H11N3O2/c1-18-12-6-4-10(5-7-12)13-16-14(19-17-13)11-3-2-8-15-9-11/h2-9H,1H3. The zero-order valence-electron chi connectivity index (χ0n) is 10.3. The number of methoxy groups -OCH3 is 1. The Morgan fingerprint density at radius 3 is 2.58 bits per heavy atom. The van der Waals surface area contributed by atoms with E-state index in [0.29, 0.717) is 11.7 Å². The summed E-state index contributed by atoms with van der Waals surface area (Å²) in [6, 6.07) is 11.2. The molecule has 0 amide bonds. The van der Waals surface area contributed by atoms with Crippen molar-refractivity contribution >= 4 is 0 Å². The van der Waals surface area contributed by atoms with Crippen LogP contribution in [0.2, 0.25) is 0 Å². The van der Waals surface area contributed by atoms with Crippen LogP contribution in [0.1, 0.15) is 0 Å². The van der Waals surface area contributed by atoms with Crippen LogP contribution in [-0.4, -0.2) is 22.2 Å². The maximum absolute atomic E-state index is 5.23. The Morgan fingerprint density at radius 2 is 1.89 bits per heavy atom. The van der Waals surface area contributed by atoms with Gasteiger partial charge in [0.1, 0.15) is 5.75 Å². The smallest absolute Gasteiger partial charge is 0.259 e. The molecule has 0 unspecified atom stereocenters. The van der Waals surface area contributed by atoms with Crippen molar-refractivity contribution in [3.05, 3.63) is 48.8 Å². The molecular formula is C14H11N3O2. The van der Waals surface area contributed by atoms with Gasteiger partial charge in [-0.3, -0.25) is 4.98 Å². The maximum Gasteiger partial charge on any atom is 0.259 e. The minimum Gasteiger partial charge on any atom is -0.497 e. The summed E-state index contributed by atoms with van der Waals surface area (Å²) in [6.45, 7) is 0. The Hall–Kier alpha value is -2.69. The minimum atomic E-state index is 0.457. The van der Waals surface area contributed by atoms with Gasteiger partial charge >= 0.3 is 0 Å². The second kappa shape index (κ2) is 4.89. The van der Waals surface area contributed by atoms with Crippen LogP contribution in [0.3, 0.4) is 0 Å². The van der Waals surface area contributed by atoms with Crippen molar-refractivity contribution in [3.63, 3.8) is 0 Å². The first-order valence-corrected chi connectivity index (χ1v) is 5.75. The van der Waals surface area contributed by atoms with Gasteiger partial charge in [0.2, 0.25) is 5.82 Å². The second-order valence-corrected chi connectivity index (χ2v) is 3.89. The zero-order valence-corrected chi connectivity index (χ0v) is 10.3. The molecule has 2 heterocycles. The monoisotopic (exact) mass is 253 g/mol. The van der Waals surface area contributed by atoms with E-state index in [9.17, 15) is 0 Å². The van der Waals surface area contributed by atoms with Crippen molar-refractivity contribution in [1.82, 2.24) is 15.1 Å². The third kappa shape index (κ3) is 2.30. The number of benzene rings is 1. The van der Waals surface area contributed by atoms with E-state index in [1.54, 1.807) is 19.5 Å². The van der Waals surface area contributed by atoms with E-state index in [0.717, 1.165) is 16.9 Å². The molecular weight excluding hydrogens is 242 g/mol. The fourth-order valence-electron chi connectivity index (χ4n) is 1.69. The summed E-state index contributed by atoms with van der Waals surface area (Å²) in [7, 11) is 1.63. The summed E-state index contributed by atoms with van der Waals surface area (Å²) in [6.07, 6.45) is 3.38. The molecule has 0 fully saturated rings. The van der Waals surface area contributed by atoms with Gasteiger partial charge < -0.3 is 9.26 Å². The van der Waals surface area contributed by atoms with Crippen LogP contribution in [-0.2, 0) is 0 Å². The summed E-state index contributed by atoms with van der Waals surface area (Å²) in [5.74, 6) is 1.79. The molecule has 3 aromatic rings. The number of ether oxygens (including phenoxy) is 1. The Kier molecular flexibility index (Phi) is 2.94. The highest BCUT2D eigenvalue weighted by molar-refractivity contribution is 5.59. The molecule has 0 aliphatic heterocycles. The minimum absolute atomic E-state index is 0.457. The van der Waals surface area contributed by atoms with Gasteiger partial charge in [0.25, 0.3) is 5.89 Å². The molecule has 0 N–H and O–H groups in total. The van der Waals surface area contributed by atoms with Crippen molar-refractivity contribution in [2.24, 2.45) is 0 Å². The maximum atomic E-state index is 5.23. The second-order valence-electron chi connectivity index (χ2n) is 3.89. The quantitative estimate of drug-likeness (QED) is 0.718. The molecule has 0 spiro atoms. The largest absolute Gasteiger partial charge is 0.497 e. The molecule has 0 bridgehead atoms. The first-order chi connectivity index (χ1) is 9.36. The molecule has 3 rings (SSSR count). The molecule has 2 aromatic heterocycles. The van der Waals surface area contributed by atoms with Gasteiger partial charge in [-0.25, -0.2) is 0 Å². The van der Waals surface area contributed by atoms with Crippen LogP contribution in [0.25, 0.3) is 22.8 Å². The van der Waals surface area contributed by atoms with E-state index in [-0.39, 0.29) is 0 Å². The van der Waals surface area contributed by atoms with Crippen LogP contribution < -0.4 is 4.74 Å². The fourth-order valence-corrected chi connectivity index (χ4v) is 1.69. The van der Waals surface area contributed by atoms with E-state index in [1.165, 1.54) is 0 Å². The molecule has 0 saturated carbocycles. The zero-order chi connectivity index (χ0) is 13.1. The molecule has 0 atom stereocenters. The molecule has 5 nitrogen and oxygen atoms in total. The van der Waals surface area contributed by atoms with Gasteiger partial charge in [-0.05, 0) is 36.4 Å². The topological polar surface area (TPSA) is 61.0 Å². The van der Waals surface area contributed by atoms with Crippen molar-refractivity contribution in [1.29, 1.82) is 0 Å². The third-order valence-electron chi connectivity index (χ3n) is 2.68. The van der Waals surface area contributed by atoms with E-state index in [1.807, 2.05) is 36.4 Å². The summed E-state index contributed by atoms with van der Waals surface area (Å²) in [5, 5.41) is 3.96. The SMILES string of the molecule is COc1ccc(-c2noc(-c3cccnc3)n2)cc1. The lowest BCUT2D eigenvalue weighted by molar-refractivity contribution is 0.415. The number of aromatic nitrogens is 3. The van der Waals surface area contributed by atoms with Gasteiger partial charge in [-0.1, -0.05) is 5.16 Å². The lowest BCUT2D eigenvalue weighted by Gasteiger charge is -1.98. The number of rotatable bonds is 3. The fraction of sp³-hybridized carbons (Fsp3) is 0.0714. The first-order valence-electron chi connectivity index (χ1n) is 5.75.